The van der Waals surface area contributed by atoms with Crippen molar-refractivity contribution >= 4 is 5.91 Å². The second-order valence-electron chi connectivity index (χ2n) is 6.32. The Bertz CT molecular complexity index is 304. The fourth-order valence-corrected chi connectivity index (χ4v) is 3.22. The van der Waals surface area contributed by atoms with Gasteiger partial charge in [-0.1, -0.05) is 6.42 Å². The predicted octanol–water partition coefficient (Wildman–Crippen LogP) is 1.85. The first-order chi connectivity index (χ1) is 9.72. The first kappa shape index (κ1) is 15.8. The molecule has 2 fully saturated rings. The molecule has 4 nitrogen and oxygen atoms in total. The fourth-order valence-electron chi connectivity index (χ4n) is 3.22. The molecular formula is C16H31N3O. The van der Waals surface area contributed by atoms with Gasteiger partial charge in [-0.25, -0.2) is 0 Å². The summed E-state index contributed by atoms with van der Waals surface area (Å²) in [7, 11) is 0. The van der Waals surface area contributed by atoms with E-state index >= 15 is 0 Å². The summed E-state index contributed by atoms with van der Waals surface area (Å²) in [5, 5.41) is 3.32. The number of carbonyl (C=O) groups excluding carboxylic acids is 1. The van der Waals surface area contributed by atoms with Gasteiger partial charge >= 0.3 is 0 Å². The van der Waals surface area contributed by atoms with E-state index in [0.717, 1.165) is 25.6 Å². The Morgan fingerprint density at radius 2 is 2.10 bits per heavy atom. The first-order valence-electron chi connectivity index (χ1n) is 8.46. The van der Waals surface area contributed by atoms with E-state index in [1.165, 1.54) is 45.2 Å². The molecule has 1 aliphatic carbocycles. The maximum atomic E-state index is 12.0. The third kappa shape index (κ3) is 4.74. The standard InChI is InChI=1S/C16H31N3O/c1-3-19(15-8-9-15)16(20)13-17-10-6-12-18-11-5-4-7-14(18)2/h14-15,17H,3-13H2,1-2H3. The highest BCUT2D eigenvalue weighted by Crippen LogP contribution is 2.26. The van der Waals surface area contributed by atoms with Crippen LogP contribution in [0, 0.1) is 0 Å². The highest BCUT2D eigenvalue weighted by molar-refractivity contribution is 5.78. The van der Waals surface area contributed by atoms with E-state index in [9.17, 15) is 4.79 Å². The van der Waals surface area contributed by atoms with Gasteiger partial charge in [-0.05, 0) is 65.6 Å². The van der Waals surface area contributed by atoms with Crippen molar-refractivity contribution in [2.45, 2.75) is 64.5 Å². The van der Waals surface area contributed by atoms with Crippen LogP contribution in [0.5, 0.6) is 0 Å². The highest BCUT2D eigenvalue weighted by atomic mass is 16.2. The van der Waals surface area contributed by atoms with Gasteiger partial charge in [-0.15, -0.1) is 0 Å². The molecule has 0 radical (unpaired) electrons. The predicted molar refractivity (Wildman–Crippen MR) is 82.8 cm³/mol. The average molecular weight is 281 g/mol. The van der Waals surface area contributed by atoms with Gasteiger partial charge in [0.1, 0.15) is 0 Å². The molecule has 0 aromatic carbocycles. The van der Waals surface area contributed by atoms with Gasteiger partial charge in [-0.3, -0.25) is 4.79 Å². The molecular weight excluding hydrogens is 250 g/mol. The molecule has 20 heavy (non-hydrogen) atoms. The van der Waals surface area contributed by atoms with Crippen molar-refractivity contribution in [3.05, 3.63) is 0 Å². The van der Waals surface area contributed by atoms with Crippen molar-refractivity contribution in [1.82, 2.24) is 15.1 Å². The van der Waals surface area contributed by atoms with Crippen molar-refractivity contribution in [3.8, 4) is 0 Å². The maximum absolute atomic E-state index is 12.0. The van der Waals surface area contributed by atoms with Gasteiger partial charge in [0, 0.05) is 18.6 Å². The molecule has 1 unspecified atom stereocenters. The average Bonchev–Trinajstić information content (AvgIpc) is 3.26. The van der Waals surface area contributed by atoms with E-state index < -0.39 is 0 Å². The van der Waals surface area contributed by atoms with Gasteiger partial charge in [0.2, 0.25) is 5.91 Å². The summed E-state index contributed by atoms with van der Waals surface area (Å²) in [6.07, 6.45) is 7.63. The smallest absolute Gasteiger partial charge is 0.236 e. The lowest BCUT2D eigenvalue weighted by atomic mass is 10.0. The zero-order chi connectivity index (χ0) is 14.4. The second-order valence-corrected chi connectivity index (χ2v) is 6.32. The van der Waals surface area contributed by atoms with Gasteiger partial charge < -0.3 is 15.1 Å². The zero-order valence-corrected chi connectivity index (χ0v) is 13.2. The van der Waals surface area contributed by atoms with Gasteiger partial charge in [0.05, 0.1) is 6.54 Å². The molecule has 1 amide bonds. The number of nitrogens with one attached hydrogen (secondary N) is 1. The Hall–Kier alpha value is -0.610. The Balaban J connectivity index is 1.53. The van der Waals surface area contributed by atoms with Crippen LogP contribution in [-0.2, 0) is 4.79 Å². The van der Waals surface area contributed by atoms with Crippen molar-refractivity contribution < 1.29 is 4.79 Å². The van der Waals surface area contributed by atoms with Crippen molar-refractivity contribution in [3.63, 3.8) is 0 Å². The quantitative estimate of drug-likeness (QED) is 0.690. The van der Waals surface area contributed by atoms with Crippen molar-refractivity contribution in [2.24, 2.45) is 0 Å². The Morgan fingerprint density at radius 1 is 1.30 bits per heavy atom. The number of nitrogens with zero attached hydrogens (tertiary/aromatic N) is 2. The van der Waals surface area contributed by atoms with Gasteiger partial charge in [-0.2, -0.15) is 0 Å². The van der Waals surface area contributed by atoms with E-state index in [4.69, 9.17) is 0 Å². The third-order valence-corrected chi connectivity index (χ3v) is 4.66. The summed E-state index contributed by atoms with van der Waals surface area (Å²) in [6.45, 7) is 9.17. The van der Waals surface area contributed by atoms with Crippen LogP contribution in [0.1, 0.15) is 52.4 Å². The van der Waals surface area contributed by atoms with Crippen LogP contribution in [0.2, 0.25) is 0 Å². The SMILES string of the molecule is CCN(C(=O)CNCCCN1CCCCC1C)C1CC1. The number of piperidine rings is 1. The lowest BCUT2D eigenvalue weighted by Gasteiger charge is -2.33. The summed E-state index contributed by atoms with van der Waals surface area (Å²) >= 11 is 0. The summed E-state index contributed by atoms with van der Waals surface area (Å²) < 4.78 is 0. The largest absolute Gasteiger partial charge is 0.339 e. The maximum Gasteiger partial charge on any atom is 0.236 e. The molecule has 116 valence electrons. The molecule has 1 aliphatic heterocycles. The van der Waals surface area contributed by atoms with Crippen molar-refractivity contribution in [2.75, 3.05) is 32.7 Å². The summed E-state index contributed by atoms with van der Waals surface area (Å²) in [4.78, 5) is 16.6. The van der Waals surface area contributed by atoms with Crippen LogP contribution >= 0.6 is 0 Å². The molecule has 1 N–H and O–H groups in total. The number of hydrogen-bond acceptors (Lipinski definition) is 3. The molecule has 0 spiro atoms. The van der Waals surface area contributed by atoms with E-state index in [-0.39, 0.29) is 5.91 Å². The summed E-state index contributed by atoms with van der Waals surface area (Å²) in [5.41, 5.74) is 0. The normalized spacial score (nSPS) is 23.8. The number of likely N-dealkylation sites (tertiary alicyclic amines) is 1. The Kier molecular flexibility index (Phi) is 6.30. The molecule has 1 saturated carbocycles. The molecule has 2 rings (SSSR count). The second kappa shape index (κ2) is 7.99. The molecule has 0 bridgehead atoms. The van der Waals surface area contributed by atoms with E-state index in [1.807, 2.05) is 4.90 Å². The molecule has 0 aromatic rings. The molecule has 1 saturated heterocycles. The number of amides is 1. The van der Waals surface area contributed by atoms with Crippen LogP contribution in [0.25, 0.3) is 0 Å². The zero-order valence-electron chi connectivity index (χ0n) is 13.2. The first-order valence-corrected chi connectivity index (χ1v) is 8.46. The summed E-state index contributed by atoms with van der Waals surface area (Å²) in [5.74, 6) is 0.279. The molecule has 1 heterocycles. The lowest BCUT2D eigenvalue weighted by molar-refractivity contribution is -0.130. The number of rotatable bonds is 8. The topological polar surface area (TPSA) is 35.6 Å². The monoisotopic (exact) mass is 281 g/mol. The molecule has 0 aromatic heterocycles. The van der Waals surface area contributed by atoms with Gasteiger partial charge in [0.25, 0.3) is 0 Å². The number of likely N-dealkylation sites (N-methyl/N-ethyl adjacent to an activating group) is 1. The minimum absolute atomic E-state index is 0.279. The lowest BCUT2D eigenvalue weighted by Crippen LogP contribution is -2.41. The molecule has 1 atom stereocenters. The van der Waals surface area contributed by atoms with Gasteiger partial charge in [0.15, 0.2) is 0 Å². The van der Waals surface area contributed by atoms with E-state index in [2.05, 4.69) is 24.1 Å². The van der Waals surface area contributed by atoms with Crippen LogP contribution in [-0.4, -0.2) is 60.5 Å². The molecule has 2 aliphatic rings. The van der Waals surface area contributed by atoms with Crippen LogP contribution in [0.3, 0.4) is 0 Å². The highest BCUT2D eigenvalue weighted by Gasteiger charge is 2.30. The summed E-state index contributed by atoms with van der Waals surface area (Å²) in [6, 6.07) is 1.29. The minimum atomic E-state index is 0.279. The van der Waals surface area contributed by atoms with Crippen LogP contribution < -0.4 is 5.32 Å². The van der Waals surface area contributed by atoms with E-state index in [0.29, 0.717) is 12.6 Å². The number of hydrogen-bond donors (Lipinski definition) is 1. The molecule has 4 heteroatoms. The van der Waals surface area contributed by atoms with E-state index in [1.54, 1.807) is 0 Å². The van der Waals surface area contributed by atoms with Crippen LogP contribution in [0.4, 0.5) is 0 Å². The third-order valence-electron chi connectivity index (χ3n) is 4.66. The van der Waals surface area contributed by atoms with Crippen LogP contribution in [0.15, 0.2) is 0 Å². The number of carbonyl (C=O) groups is 1. The fraction of sp³-hybridized carbons (Fsp3) is 0.938. The van der Waals surface area contributed by atoms with Crippen molar-refractivity contribution in [1.29, 1.82) is 0 Å². The Labute approximate surface area is 123 Å². The Morgan fingerprint density at radius 3 is 2.75 bits per heavy atom. The minimum Gasteiger partial charge on any atom is -0.339 e.